The van der Waals surface area contributed by atoms with E-state index in [0.29, 0.717) is 22.7 Å². The fraction of sp³-hybridized carbons (Fsp3) is 0.0833. The number of benzene rings is 3. The second-order valence-corrected chi connectivity index (χ2v) is 7.80. The third-order valence-electron chi connectivity index (χ3n) is 4.84. The van der Waals surface area contributed by atoms with Crippen LogP contribution < -0.4 is 25.7 Å². The minimum Gasteiger partial charge on any atom is -0.508 e. The van der Waals surface area contributed by atoms with Crippen LogP contribution in [-0.4, -0.2) is 35.0 Å². The Morgan fingerprint density at radius 2 is 1.76 bits per heavy atom. The molecule has 0 unspecified atom stereocenters. The molecule has 0 spiro atoms. The third kappa shape index (κ3) is 5.48. The van der Waals surface area contributed by atoms with Crippen molar-refractivity contribution in [3.05, 3.63) is 77.9 Å². The summed E-state index contributed by atoms with van der Waals surface area (Å²) in [6.07, 6.45) is 1.44. The Hall–Kier alpha value is -4.44. The Bertz CT molecular complexity index is 1260. The standard InChI is InChI=1S/C24H21N5O4S/c1-15-2-6-17(7-3-15)27-24(34)29-20-11-8-18(12-21(20)33-14-22(29)31)26-23(32)28-25-13-16-4-9-19(30)10-5-16/h2-13,30H,14H2,1H3,(H,27,34)(H2,26,28,32)/b25-13-. The first-order chi connectivity index (χ1) is 16.4. The molecule has 0 fully saturated rings. The molecule has 4 rings (SSSR count). The summed E-state index contributed by atoms with van der Waals surface area (Å²) in [5.41, 5.74) is 5.86. The number of nitrogens with zero attached hydrogens (tertiary/aromatic N) is 2. The summed E-state index contributed by atoms with van der Waals surface area (Å²) in [7, 11) is 0. The molecule has 0 saturated carbocycles. The maximum absolute atomic E-state index is 12.5. The van der Waals surface area contributed by atoms with E-state index in [1.165, 1.54) is 23.2 Å². The number of carbonyl (C=O) groups excluding carboxylic acids is 2. The van der Waals surface area contributed by atoms with Crippen molar-refractivity contribution >= 4 is 52.5 Å². The van der Waals surface area contributed by atoms with Gasteiger partial charge in [-0.2, -0.15) is 5.10 Å². The monoisotopic (exact) mass is 475 g/mol. The van der Waals surface area contributed by atoms with Gasteiger partial charge in [0.2, 0.25) is 0 Å². The second kappa shape index (κ2) is 10.0. The molecule has 1 aliphatic rings. The largest absolute Gasteiger partial charge is 0.508 e. The van der Waals surface area contributed by atoms with Crippen LogP contribution in [-0.2, 0) is 4.79 Å². The van der Waals surface area contributed by atoms with Crippen LogP contribution in [0.5, 0.6) is 11.5 Å². The number of urea groups is 1. The van der Waals surface area contributed by atoms with Crippen LogP contribution in [0.15, 0.2) is 71.8 Å². The number of hydrazone groups is 1. The number of hydrogen-bond donors (Lipinski definition) is 4. The first-order valence-corrected chi connectivity index (χ1v) is 10.7. The number of rotatable bonds is 4. The SMILES string of the molecule is Cc1ccc(NC(=S)N2C(=O)COc3cc(NC(=O)N/N=C\c4ccc(O)cc4)ccc32)cc1. The smallest absolute Gasteiger partial charge is 0.339 e. The Morgan fingerprint density at radius 1 is 1.06 bits per heavy atom. The van der Waals surface area contributed by atoms with Crippen LogP contribution >= 0.6 is 12.2 Å². The van der Waals surface area contributed by atoms with Crippen molar-refractivity contribution < 1.29 is 19.4 Å². The van der Waals surface area contributed by atoms with Gasteiger partial charge in [-0.15, -0.1) is 0 Å². The molecule has 10 heteroatoms. The van der Waals surface area contributed by atoms with Gasteiger partial charge in [0.05, 0.1) is 11.9 Å². The lowest BCUT2D eigenvalue weighted by Gasteiger charge is -2.30. The number of phenols is 1. The van der Waals surface area contributed by atoms with E-state index in [-0.39, 0.29) is 23.4 Å². The van der Waals surface area contributed by atoms with Gasteiger partial charge in [-0.1, -0.05) is 17.7 Å². The normalized spacial score (nSPS) is 12.6. The van der Waals surface area contributed by atoms with Crippen LogP contribution in [0.1, 0.15) is 11.1 Å². The highest BCUT2D eigenvalue weighted by Gasteiger charge is 2.29. The Labute approximate surface area is 201 Å². The number of aryl methyl sites for hydroxylation is 1. The molecule has 0 saturated heterocycles. The average molecular weight is 476 g/mol. The molecular weight excluding hydrogens is 454 g/mol. The van der Waals surface area contributed by atoms with E-state index in [2.05, 4.69) is 21.2 Å². The average Bonchev–Trinajstić information content (AvgIpc) is 2.82. The fourth-order valence-corrected chi connectivity index (χ4v) is 3.47. The summed E-state index contributed by atoms with van der Waals surface area (Å²) in [5, 5.41) is 19.1. The molecule has 0 aliphatic carbocycles. The molecule has 172 valence electrons. The van der Waals surface area contributed by atoms with Crippen molar-refractivity contribution in [3.63, 3.8) is 0 Å². The van der Waals surface area contributed by atoms with E-state index in [9.17, 15) is 14.7 Å². The molecule has 1 aliphatic heterocycles. The number of hydrogen-bond acceptors (Lipinski definition) is 6. The molecule has 0 aromatic heterocycles. The summed E-state index contributed by atoms with van der Waals surface area (Å²) in [6.45, 7) is 1.80. The third-order valence-corrected chi connectivity index (χ3v) is 5.12. The number of anilines is 3. The van der Waals surface area contributed by atoms with Gasteiger partial charge < -0.3 is 20.5 Å². The summed E-state index contributed by atoms with van der Waals surface area (Å²) >= 11 is 5.47. The number of nitrogens with one attached hydrogen (secondary N) is 3. The van der Waals surface area contributed by atoms with Crippen LogP contribution in [0.25, 0.3) is 0 Å². The molecule has 3 aromatic rings. The number of amides is 3. The van der Waals surface area contributed by atoms with Crippen LogP contribution in [0.3, 0.4) is 0 Å². The van der Waals surface area contributed by atoms with E-state index in [1.54, 1.807) is 30.3 Å². The molecule has 3 amide bonds. The molecule has 9 nitrogen and oxygen atoms in total. The summed E-state index contributed by atoms with van der Waals surface area (Å²) in [4.78, 5) is 26.1. The topological polar surface area (TPSA) is 115 Å². The zero-order chi connectivity index (χ0) is 24.1. The van der Waals surface area contributed by atoms with Crippen molar-refractivity contribution in [3.8, 4) is 11.5 Å². The quantitative estimate of drug-likeness (QED) is 0.258. The molecule has 0 atom stereocenters. The lowest BCUT2D eigenvalue weighted by molar-refractivity contribution is -0.120. The van der Waals surface area contributed by atoms with E-state index < -0.39 is 6.03 Å². The van der Waals surface area contributed by atoms with E-state index >= 15 is 0 Å². The van der Waals surface area contributed by atoms with Crippen molar-refractivity contribution in [1.29, 1.82) is 0 Å². The summed E-state index contributed by atoms with van der Waals surface area (Å²) in [6, 6.07) is 18.3. The van der Waals surface area contributed by atoms with Gasteiger partial charge in [0, 0.05) is 17.4 Å². The second-order valence-electron chi connectivity index (χ2n) is 7.41. The predicted octanol–water partition coefficient (Wildman–Crippen LogP) is 3.98. The lowest BCUT2D eigenvalue weighted by atomic mass is 10.2. The molecule has 0 bridgehead atoms. The number of ether oxygens (including phenoxy) is 1. The molecule has 0 radical (unpaired) electrons. The minimum absolute atomic E-state index is 0.143. The molecule has 3 aromatic carbocycles. The molecule has 4 N–H and O–H groups in total. The first kappa shape index (κ1) is 22.7. The molecular formula is C24H21N5O4S. The van der Waals surface area contributed by atoms with Gasteiger partial charge in [0.15, 0.2) is 11.7 Å². The fourth-order valence-electron chi connectivity index (χ4n) is 3.15. The van der Waals surface area contributed by atoms with E-state index in [0.717, 1.165) is 11.3 Å². The van der Waals surface area contributed by atoms with Crippen LogP contribution in [0.4, 0.5) is 21.9 Å². The number of phenolic OH excluding ortho intramolecular Hbond substituents is 1. The maximum atomic E-state index is 12.5. The molecule has 1 heterocycles. The number of aromatic hydroxyl groups is 1. The van der Waals surface area contributed by atoms with Crippen molar-refractivity contribution in [2.24, 2.45) is 5.10 Å². The minimum atomic E-state index is -0.560. The summed E-state index contributed by atoms with van der Waals surface area (Å²) < 4.78 is 5.55. The first-order valence-electron chi connectivity index (χ1n) is 10.3. The van der Waals surface area contributed by atoms with Crippen LogP contribution in [0.2, 0.25) is 0 Å². The zero-order valence-corrected chi connectivity index (χ0v) is 18.9. The lowest BCUT2D eigenvalue weighted by Crippen LogP contribution is -2.45. The highest BCUT2D eigenvalue weighted by atomic mass is 32.1. The van der Waals surface area contributed by atoms with Gasteiger partial charge in [-0.25, -0.2) is 10.2 Å². The van der Waals surface area contributed by atoms with Crippen LogP contribution in [0, 0.1) is 6.92 Å². The number of fused-ring (bicyclic) bond motifs is 1. The zero-order valence-electron chi connectivity index (χ0n) is 18.1. The highest BCUT2D eigenvalue weighted by Crippen LogP contribution is 2.35. The maximum Gasteiger partial charge on any atom is 0.339 e. The predicted molar refractivity (Wildman–Crippen MR) is 135 cm³/mol. The Kier molecular flexibility index (Phi) is 6.69. The number of thiocarbonyl (C=S) groups is 1. The Balaban J connectivity index is 1.41. The van der Waals surface area contributed by atoms with Gasteiger partial charge >= 0.3 is 6.03 Å². The van der Waals surface area contributed by atoms with Gasteiger partial charge in [-0.3, -0.25) is 9.69 Å². The van der Waals surface area contributed by atoms with Gasteiger partial charge in [0.25, 0.3) is 5.91 Å². The van der Waals surface area contributed by atoms with E-state index in [4.69, 9.17) is 17.0 Å². The van der Waals surface area contributed by atoms with Crippen molar-refractivity contribution in [2.75, 3.05) is 22.1 Å². The highest BCUT2D eigenvalue weighted by molar-refractivity contribution is 7.80. The molecule has 34 heavy (non-hydrogen) atoms. The van der Waals surface area contributed by atoms with Gasteiger partial charge in [-0.05, 0) is 73.2 Å². The van der Waals surface area contributed by atoms with Gasteiger partial charge in [0.1, 0.15) is 11.5 Å². The number of carbonyl (C=O) groups is 2. The Morgan fingerprint density at radius 3 is 2.50 bits per heavy atom. The van der Waals surface area contributed by atoms with Crippen molar-refractivity contribution in [1.82, 2.24) is 5.43 Å². The van der Waals surface area contributed by atoms with E-state index in [1.807, 2.05) is 31.2 Å². The van der Waals surface area contributed by atoms with Crippen molar-refractivity contribution in [2.45, 2.75) is 6.92 Å². The summed E-state index contributed by atoms with van der Waals surface area (Å²) in [5.74, 6) is 0.238.